The predicted molar refractivity (Wildman–Crippen MR) is 116 cm³/mol. The summed E-state index contributed by atoms with van der Waals surface area (Å²) in [5.41, 5.74) is 2.12. The molecule has 0 unspecified atom stereocenters. The molecule has 0 radical (unpaired) electrons. The van der Waals surface area contributed by atoms with Crippen LogP contribution in [0, 0.1) is 0 Å². The van der Waals surface area contributed by atoms with E-state index in [4.69, 9.17) is 9.47 Å². The van der Waals surface area contributed by atoms with Gasteiger partial charge in [-0.15, -0.1) is 0 Å². The summed E-state index contributed by atoms with van der Waals surface area (Å²) in [4.78, 5) is 14.8. The molecule has 4 nitrogen and oxygen atoms in total. The molecule has 3 aromatic rings. The van der Waals surface area contributed by atoms with Gasteiger partial charge in [0.15, 0.2) is 0 Å². The van der Waals surface area contributed by atoms with Gasteiger partial charge in [-0.05, 0) is 71.1 Å². The lowest BCUT2D eigenvalue weighted by Gasteiger charge is -2.21. The Kier molecular flexibility index (Phi) is 5.52. The third kappa shape index (κ3) is 4.60. The van der Waals surface area contributed by atoms with E-state index < -0.39 is 0 Å². The van der Waals surface area contributed by atoms with Crippen LogP contribution in [0.1, 0.15) is 24.0 Å². The van der Waals surface area contributed by atoms with Crippen LogP contribution >= 0.6 is 0 Å². The number of rotatable bonds is 7. The highest BCUT2D eigenvalue weighted by Gasteiger charge is 2.31. The van der Waals surface area contributed by atoms with Crippen molar-refractivity contribution < 1.29 is 14.3 Å². The number of methoxy groups -OCH3 is 2. The van der Waals surface area contributed by atoms with Crippen LogP contribution in [-0.2, 0) is 11.3 Å². The smallest absolute Gasteiger partial charge is 0.247 e. The van der Waals surface area contributed by atoms with E-state index in [0.717, 1.165) is 46.2 Å². The van der Waals surface area contributed by atoms with Crippen molar-refractivity contribution in [1.82, 2.24) is 4.90 Å². The SMILES string of the molecule is COc1ccc(CN(C(=O)/C=C/c2ccc3cc(OC)ccc3c2)C2CC2)cc1. The summed E-state index contributed by atoms with van der Waals surface area (Å²) in [6.45, 7) is 0.620. The monoisotopic (exact) mass is 387 g/mol. The van der Waals surface area contributed by atoms with Gasteiger partial charge in [0.2, 0.25) is 5.91 Å². The van der Waals surface area contributed by atoms with E-state index in [2.05, 4.69) is 12.1 Å². The Bertz CT molecular complexity index is 1040. The highest BCUT2D eigenvalue weighted by atomic mass is 16.5. The van der Waals surface area contributed by atoms with Crippen LogP contribution in [0.25, 0.3) is 16.8 Å². The summed E-state index contributed by atoms with van der Waals surface area (Å²) >= 11 is 0. The van der Waals surface area contributed by atoms with Crippen molar-refractivity contribution in [3.8, 4) is 11.5 Å². The molecule has 148 valence electrons. The van der Waals surface area contributed by atoms with Gasteiger partial charge in [0.1, 0.15) is 11.5 Å². The van der Waals surface area contributed by atoms with Gasteiger partial charge in [-0.1, -0.05) is 30.3 Å². The van der Waals surface area contributed by atoms with E-state index in [0.29, 0.717) is 12.6 Å². The van der Waals surface area contributed by atoms with E-state index in [9.17, 15) is 4.79 Å². The lowest BCUT2D eigenvalue weighted by molar-refractivity contribution is -0.127. The molecule has 0 heterocycles. The summed E-state index contributed by atoms with van der Waals surface area (Å²) in [5, 5.41) is 2.24. The summed E-state index contributed by atoms with van der Waals surface area (Å²) in [6.07, 6.45) is 5.74. The van der Waals surface area contributed by atoms with E-state index in [-0.39, 0.29) is 5.91 Å². The molecule has 4 heteroatoms. The molecule has 4 rings (SSSR count). The van der Waals surface area contributed by atoms with Gasteiger partial charge in [-0.2, -0.15) is 0 Å². The maximum atomic E-state index is 12.9. The van der Waals surface area contributed by atoms with Crippen molar-refractivity contribution in [2.75, 3.05) is 14.2 Å². The Balaban J connectivity index is 1.48. The first-order chi connectivity index (χ1) is 14.2. The van der Waals surface area contributed by atoms with Crippen LogP contribution < -0.4 is 9.47 Å². The third-order valence-corrected chi connectivity index (χ3v) is 5.27. The van der Waals surface area contributed by atoms with Gasteiger partial charge in [0, 0.05) is 18.7 Å². The molecule has 29 heavy (non-hydrogen) atoms. The maximum Gasteiger partial charge on any atom is 0.247 e. The van der Waals surface area contributed by atoms with Crippen LogP contribution in [0.15, 0.2) is 66.7 Å². The van der Waals surface area contributed by atoms with Crippen LogP contribution in [0.4, 0.5) is 0 Å². The average Bonchev–Trinajstić information content (AvgIpc) is 3.61. The molecule has 0 aliphatic heterocycles. The number of benzene rings is 3. The Morgan fingerprint density at radius 3 is 2.28 bits per heavy atom. The lowest BCUT2D eigenvalue weighted by atomic mass is 10.1. The highest BCUT2D eigenvalue weighted by Crippen LogP contribution is 2.29. The molecular weight excluding hydrogens is 362 g/mol. The molecule has 0 bridgehead atoms. The molecule has 0 atom stereocenters. The van der Waals surface area contributed by atoms with Crippen molar-refractivity contribution in [3.05, 3.63) is 77.9 Å². The molecule has 1 aliphatic carbocycles. The molecule has 3 aromatic carbocycles. The van der Waals surface area contributed by atoms with Crippen LogP contribution in [0.2, 0.25) is 0 Å². The Labute approximate surface area is 171 Å². The minimum absolute atomic E-state index is 0.0538. The van der Waals surface area contributed by atoms with E-state index >= 15 is 0 Å². The van der Waals surface area contributed by atoms with Crippen molar-refractivity contribution in [2.45, 2.75) is 25.4 Å². The second kappa shape index (κ2) is 8.39. The molecule has 1 aliphatic rings. The van der Waals surface area contributed by atoms with E-state index in [1.165, 1.54) is 0 Å². The van der Waals surface area contributed by atoms with Crippen molar-refractivity contribution in [2.24, 2.45) is 0 Å². The number of nitrogens with zero attached hydrogens (tertiary/aromatic N) is 1. The quantitative estimate of drug-likeness (QED) is 0.532. The molecule has 1 saturated carbocycles. The zero-order valence-corrected chi connectivity index (χ0v) is 16.8. The van der Waals surface area contributed by atoms with Gasteiger partial charge < -0.3 is 14.4 Å². The normalized spacial score (nSPS) is 13.6. The number of fused-ring (bicyclic) bond motifs is 1. The number of ether oxygens (including phenoxy) is 2. The first kappa shape index (κ1) is 19.1. The van der Waals surface area contributed by atoms with Crippen LogP contribution in [0.5, 0.6) is 11.5 Å². The molecule has 1 amide bonds. The lowest BCUT2D eigenvalue weighted by Crippen LogP contribution is -2.31. The fraction of sp³-hybridized carbons (Fsp3) is 0.240. The maximum absolute atomic E-state index is 12.9. The first-order valence-corrected chi connectivity index (χ1v) is 9.86. The zero-order valence-electron chi connectivity index (χ0n) is 16.8. The Morgan fingerprint density at radius 2 is 1.59 bits per heavy atom. The Hall–Kier alpha value is -3.27. The first-order valence-electron chi connectivity index (χ1n) is 9.86. The largest absolute Gasteiger partial charge is 0.497 e. The van der Waals surface area contributed by atoms with Crippen molar-refractivity contribution in [3.63, 3.8) is 0 Å². The average molecular weight is 387 g/mol. The summed E-state index contributed by atoms with van der Waals surface area (Å²) in [7, 11) is 3.32. The second-order valence-corrected chi connectivity index (χ2v) is 7.35. The number of hydrogen-bond donors (Lipinski definition) is 0. The fourth-order valence-corrected chi connectivity index (χ4v) is 3.44. The predicted octanol–water partition coefficient (Wildman–Crippen LogP) is 5.06. The zero-order chi connectivity index (χ0) is 20.2. The second-order valence-electron chi connectivity index (χ2n) is 7.35. The standard InChI is InChI=1S/C25H25NO3/c1-28-23-11-4-19(5-12-23)17-26(22-9-10-22)25(27)14-6-18-3-7-21-16-24(29-2)13-8-20(21)15-18/h3-8,11-16,22H,9-10,17H2,1-2H3/b14-6+. The topological polar surface area (TPSA) is 38.8 Å². The molecule has 0 spiro atoms. The van der Waals surface area contributed by atoms with E-state index in [1.54, 1.807) is 20.3 Å². The van der Waals surface area contributed by atoms with Gasteiger partial charge in [0.25, 0.3) is 0 Å². The summed E-state index contributed by atoms with van der Waals surface area (Å²) in [6, 6.07) is 20.4. The molecule has 0 saturated heterocycles. The highest BCUT2D eigenvalue weighted by molar-refractivity contribution is 5.93. The molecule has 1 fully saturated rings. The summed E-state index contributed by atoms with van der Waals surface area (Å²) in [5.74, 6) is 1.72. The fourth-order valence-electron chi connectivity index (χ4n) is 3.44. The molecule has 0 aromatic heterocycles. The van der Waals surface area contributed by atoms with Crippen molar-refractivity contribution >= 4 is 22.8 Å². The summed E-state index contributed by atoms with van der Waals surface area (Å²) < 4.78 is 10.5. The van der Waals surface area contributed by atoms with Gasteiger partial charge in [0.05, 0.1) is 14.2 Å². The minimum Gasteiger partial charge on any atom is -0.497 e. The molecular formula is C25H25NO3. The van der Waals surface area contributed by atoms with E-state index in [1.807, 2.05) is 59.5 Å². The number of carbonyl (C=O) groups is 1. The Morgan fingerprint density at radius 1 is 0.931 bits per heavy atom. The number of carbonyl (C=O) groups excluding carboxylic acids is 1. The van der Waals surface area contributed by atoms with Crippen LogP contribution in [-0.4, -0.2) is 31.1 Å². The van der Waals surface area contributed by atoms with Gasteiger partial charge in [-0.25, -0.2) is 0 Å². The number of hydrogen-bond acceptors (Lipinski definition) is 3. The van der Waals surface area contributed by atoms with Crippen molar-refractivity contribution in [1.29, 1.82) is 0 Å². The molecule has 0 N–H and O–H groups in total. The van der Waals surface area contributed by atoms with Gasteiger partial charge in [-0.3, -0.25) is 4.79 Å². The number of amides is 1. The minimum atomic E-state index is 0.0538. The van der Waals surface area contributed by atoms with Gasteiger partial charge >= 0.3 is 0 Å². The van der Waals surface area contributed by atoms with Crippen LogP contribution in [0.3, 0.4) is 0 Å². The third-order valence-electron chi connectivity index (χ3n) is 5.27.